The number of likely N-dealkylation sites (N-methyl/N-ethyl adjacent to an activating group) is 1. The van der Waals surface area contributed by atoms with Gasteiger partial charge in [-0.2, -0.15) is 0 Å². The molecule has 0 aliphatic heterocycles. The Bertz CT molecular complexity index is 411. The first kappa shape index (κ1) is 14.4. The van der Waals surface area contributed by atoms with Crippen molar-refractivity contribution >= 4 is 0 Å². The second-order valence-corrected chi connectivity index (χ2v) is 6.04. The van der Waals surface area contributed by atoms with Crippen LogP contribution in [0.5, 0.6) is 5.75 Å². The van der Waals surface area contributed by atoms with Gasteiger partial charge in [0, 0.05) is 18.0 Å². The number of phenolic OH excluding ortho intramolecular Hbond substituents is 1. The Morgan fingerprint density at radius 3 is 2.37 bits per heavy atom. The van der Waals surface area contributed by atoms with Gasteiger partial charge in [0.15, 0.2) is 0 Å². The molecule has 1 aliphatic rings. The number of rotatable bonds is 4. The molecule has 0 spiro atoms. The number of hydrogen-bond acceptors (Lipinski definition) is 3. The molecule has 1 aromatic rings. The van der Waals surface area contributed by atoms with Crippen LogP contribution in [0.15, 0.2) is 24.3 Å². The molecule has 2 rings (SSSR count). The van der Waals surface area contributed by atoms with Crippen molar-refractivity contribution in [3.8, 4) is 5.75 Å². The van der Waals surface area contributed by atoms with Crippen LogP contribution < -0.4 is 0 Å². The average molecular weight is 263 g/mol. The van der Waals surface area contributed by atoms with Gasteiger partial charge in [-0.25, -0.2) is 0 Å². The zero-order valence-corrected chi connectivity index (χ0v) is 12.0. The Balaban J connectivity index is 2.32. The molecule has 0 unspecified atom stereocenters. The van der Waals surface area contributed by atoms with E-state index in [9.17, 15) is 10.2 Å². The van der Waals surface area contributed by atoms with E-state index >= 15 is 0 Å². The minimum Gasteiger partial charge on any atom is -0.508 e. The summed E-state index contributed by atoms with van der Waals surface area (Å²) in [7, 11) is 4.03. The fourth-order valence-corrected chi connectivity index (χ4v) is 3.22. The van der Waals surface area contributed by atoms with E-state index in [1.807, 2.05) is 32.3 Å². The third-order valence-corrected chi connectivity index (χ3v) is 4.23. The van der Waals surface area contributed by atoms with E-state index in [1.165, 1.54) is 6.42 Å². The summed E-state index contributed by atoms with van der Waals surface area (Å²) in [6.45, 7) is 0.758. The van der Waals surface area contributed by atoms with Gasteiger partial charge in [-0.1, -0.05) is 37.5 Å². The van der Waals surface area contributed by atoms with Crippen LogP contribution in [-0.2, 0) is 0 Å². The highest BCUT2D eigenvalue weighted by Crippen LogP contribution is 2.42. The van der Waals surface area contributed by atoms with E-state index in [1.54, 1.807) is 6.07 Å². The number of aliphatic hydroxyl groups is 1. The molecule has 3 heteroatoms. The third kappa shape index (κ3) is 3.28. The third-order valence-electron chi connectivity index (χ3n) is 4.23. The van der Waals surface area contributed by atoms with Crippen molar-refractivity contribution in [3.05, 3.63) is 29.8 Å². The fraction of sp³-hybridized carbons (Fsp3) is 0.625. The lowest BCUT2D eigenvalue weighted by Gasteiger charge is -2.41. The first-order valence-corrected chi connectivity index (χ1v) is 7.18. The first-order chi connectivity index (χ1) is 9.03. The highest BCUT2D eigenvalue weighted by Gasteiger charge is 2.39. The van der Waals surface area contributed by atoms with Crippen molar-refractivity contribution in [1.82, 2.24) is 4.90 Å². The predicted octanol–water partition coefficient (Wildman–Crippen LogP) is 2.73. The first-order valence-electron chi connectivity index (χ1n) is 7.18. The molecule has 0 aromatic heterocycles. The maximum Gasteiger partial charge on any atom is 0.119 e. The standard InChI is InChI=1S/C16H25NO2/c1-17(2)12-14(13-8-4-5-9-15(13)18)16(19)10-6-3-7-11-16/h4-5,8-9,14,18-19H,3,6-7,10-12H2,1-2H3/t14-/m1/s1. The Kier molecular flexibility index (Phi) is 4.48. The van der Waals surface area contributed by atoms with Crippen LogP contribution in [0.25, 0.3) is 0 Å². The molecule has 2 N–H and O–H groups in total. The van der Waals surface area contributed by atoms with E-state index in [0.29, 0.717) is 5.75 Å². The van der Waals surface area contributed by atoms with E-state index in [-0.39, 0.29) is 5.92 Å². The Labute approximate surface area is 115 Å². The highest BCUT2D eigenvalue weighted by molar-refractivity contribution is 5.37. The molecule has 1 fully saturated rings. The molecule has 1 saturated carbocycles. The number of benzene rings is 1. The van der Waals surface area contributed by atoms with Gasteiger partial charge in [0.25, 0.3) is 0 Å². The number of phenols is 1. The monoisotopic (exact) mass is 263 g/mol. The molecule has 0 saturated heterocycles. The molecule has 0 heterocycles. The minimum absolute atomic E-state index is 0.0241. The molecule has 19 heavy (non-hydrogen) atoms. The molecular weight excluding hydrogens is 238 g/mol. The number of nitrogens with zero attached hydrogens (tertiary/aromatic N) is 1. The molecule has 0 amide bonds. The zero-order chi connectivity index (χ0) is 13.9. The highest BCUT2D eigenvalue weighted by atomic mass is 16.3. The van der Waals surface area contributed by atoms with Crippen LogP contribution >= 0.6 is 0 Å². The lowest BCUT2D eigenvalue weighted by atomic mass is 9.72. The summed E-state index contributed by atoms with van der Waals surface area (Å²) in [6, 6.07) is 7.42. The summed E-state index contributed by atoms with van der Waals surface area (Å²) in [5.41, 5.74) is 0.196. The molecular formula is C16H25NO2. The van der Waals surface area contributed by atoms with E-state index in [0.717, 1.165) is 37.8 Å². The van der Waals surface area contributed by atoms with Gasteiger partial charge in [-0.15, -0.1) is 0 Å². The van der Waals surface area contributed by atoms with Crippen LogP contribution in [-0.4, -0.2) is 41.4 Å². The van der Waals surface area contributed by atoms with Crippen molar-refractivity contribution in [3.63, 3.8) is 0 Å². The van der Waals surface area contributed by atoms with Crippen LogP contribution in [0.2, 0.25) is 0 Å². The molecule has 0 bridgehead atoms. The number of hydrogen-bond donors (Lipinski definition) is 2. The van der Waals surface area contributed by atoms with Crippen molar-refractivity contribution in [2.75, 3.05) is 20.6 Å². The molecule has 0 radical (unpaired) electrons. The van der Waals surface area contributed by atoms with Crippen LogP contribution in [0, 0.1) is 0 Å². The molecule has 1 aromatic carbocycles. The smallest absolute Gasteiger partial charge is 0.119 e. The largest absolute Gasteiger partial charge is 0.508 e. The predicted molar refractivity (Wildman–Crippen MR) is 77.4 cm³/mol. The lowest BCUT2D eigenvalue weighted by molar-refractivity contribution is -0.0283. The Morgan fingerprint density at radius 1 is 1.16 bits per heavy atom. The number of aromatic hydroxyl groups is 1. The van der Waals surface area contributed by atoms with Gasteiger partial charge in [-0.05, 0) is 33.0 Å². The molecule has 106 valence electrons. The number of para-hydroxylation sites is 1. The summed E-state index contributed by atoms with van der Waals surface area (Å²) in [6.07, 6.45) is 5.03. The summed E-state index contributed by atoms with van der Waals surface area (Å²) in [4.78, 5) is 2.09. The van der Waals surface area contributed by atoms with Gasteiger partial charge in [-0.3, -0.25) is 0 Å². The van der Waals surface area contributed by atoms with Crippen LogP contribution in [0.4, 0.5) is 0 Å². The van der Waals surface area contributed by atoms with Crippen molar-refractivity contribution in [2.24, 2.45) is 0 Å². The van der Waals surface area contributed by atoms with Crippen molar-refractivity contribution < 1.29 is 10.2 Å². The summed E-state index contributed by atoms with van der Waals surface area (Å²) >= 11 is 0. The van der Waals surface area contributed by atoms with Crippen molar-refractivity contribution in [1.29, 1.82) is 0 Å². The zero-order valence-electron chi connectivity index (χ0n) is 12.0. The topological polar surface area (TPSA) is 43.7 Å². The second-order valence-electron chi connectivity index (χ2n) is 6.04. The lowest BCUT2D eigenvalue weighted by Crippen LogP contribution is -2.42. The average Bonchev–Trinajstić information content (AvgIpc) is 2.37. The summed E-state index contributed by atoms with van der Waals surface area (Å²) in [5, 5.41) is 21.1. The van der Waals surface area contributed by atoms with Crippen molar-refractivity contribution in [2.45, 2.75) is 43.6 Å². The van der Waals surface area contributed by atoms with E-state index < -0.39 is 5.60 Å². The molecule has 3 nitrogen and oxygen atoms in total. The van der Waals surface area contributed by atoms with Gasteiger partial charge in [0.2, 0.25) is 0 Å². The normalized spacial score (nSPS) is 20.4. The minimum atomic E-state index is -0.679. The summed E-state index contributed by atoms with van der Waals surface area (Å²) < 4.78 is 0. The molecule has 1 atom stereocenters. The summed E-state index contributed by atoms with van der Waals surface area (Å²) in [5.74, 6) is 0.275. The van der Waals surface area contributed by atoms with Crippen LogP contribution in [0.1, 0.15) is 43.6 Å². The maximum absolute atomic E-state index is 11.0. The quantitative estimate of drug-likeness (QED) is 0.878. The Morgan fingerprint density at radius 2 is 1.79 bits per heavy atom. The van der Waals surface area contributed by atoms with E-state index in [4.69, 9.17) is 0 Å². The van der Waals surface area contributed by atoms with Gasteiger partial charge in [0.1, 0.15) is 5.75 Å². The SMILES string of the molecule is CN(C)C[C@H](c1ccccc1O)C1(O)CCCCC1. The molecule has 1 aliphatic carbocycles. The van der Waals surface area contributed by atoms with Gasteiger partial charge in [0.05, 0.1) is 5.60 Å². The van der Waals surface area contributed by atoms with Crippen LogP contribution in [0.3, 0.4) is 0 Å². The Hall–Kier alpha value is -1.06. The fourth-order valence-electron chi connectivity index (χ4n) is 3.22. The van der Waals surface area contributed by atoms with E-state index in [2.05, 4.69) is 4.90 Å². The van der Waals surface area contributed by atoms with Gasteiger partial charge < -0.3 is 15.1 Å². The second kappa shape index (κ2) is 5.93. The maximum atomic E-state index is 11.0. The van der Waals surface area contributed by atoms with Gasteiger partial charge >= 0.3 is 0 Å².